The summed E-state index contributed by atoms with van der Waals surface area (Å²) in [4.78, 5) is 28.5. The number of benzene rings is 1. The van der Waals surface area contributed by atoms with Crippen molar-refractivity contribution in [3.63, 3.8) is 0 Å². The summed E-state index contributed by atoms with van der Waals surface area (Å²) in [5.74, 6) is -1.18. The van der Waals surface area contributed by atoms with Crippen LogP contribution in [0.1, 0.15) is 38.8 Å². The summed E-state index contributed by atoms with van der Waals surface area (Å²) < 4.78 is 5.56. The fourth-order valence-corrected chi connectivity index (χ4v) is 3.05. The standard InChI is InChI=1S/C20H28N2O4/c1-6-16(23)17-18(14-7-9-15(10-8-14)21(4)5)22(20(25)19(17)24)11-12-26-13(2)3/h7-10,13,18,24H,6,11-12H2,1-5H3. The van der Waals surface area contributed by atoms with Gasteiger partial charge in [0, 0.05) is 32.7 Å². The average molecular weight is 360 g/mol. The Morgan fingerprint density at radius 2 is 1.88 bits per heavy atom. The Morgan fingerprint density at radius 3 is 2.38 bits per heavy atom. The third-order valence-corrected chi connectivity index (χ3v) is 4.43. The van der Waals surface area contributed by atoms with E-state index < -0.39 is 17.7 Å². The number of carbonyl (C=O) groups excluding carboxylic acids is 2. The Balaban J connectivity index is 2.38. The zero-order valence-corrected chi connectivity index (χ0v) is 16.2. The molecule has 6 heteroatoms. The number of nitrogens with zero attached hydrogens (tertiary/aromatic N) is 2. The van der Waals surface area contributed by atoms with Crippen LogP contribution in [0.5, 0.6) is 0 Å². The normalized spacial score (nSPS) is 17.4. The summed E-state index contributed by atoms with van der Waals surface area (Å²) in [6.45, 7) is 6.22. The average Bonchev–Trinajstić information content (AvgIpc) is 2.85. The number of hydrogen-bond donors (Lipinski definition) is 1. The lowest BCUT2D eigenvalue weighted by Crippen LogP contribution is -2.34. The van der Waals surface area contributed by atoms with E-state index in [0.29, 0.717) is 13.2 Å². The van der Waals surface area contributed by atoms with E-state index in [1.165, 1.54) is 4.90 Å². The van der Waals surface area contributed by atoms with Gasteiger partial charge in [0.1, 0.15) is 0 Å². The molecule has 26 heavy (non-hydrogen) atoms. The first-order valence-corrected chi connectivity index (χ1v) is 8.94. The van der Waals surface area contributed by atoms with Crippen molar-refractivity contribution in [3.05, 3.63) is 41.2 Å². The minimum absolute atomic E-state index is 0.0452. The second kappa shape index (κ2) is 8.36. The number of hydrogen-bond acceptors (Lipinski definition) is 5. The number of aliphatic hydroxyl groups excluding tert-OH is 1. The fraction of sp³-hybridized carbons (Fsp3) is 0.500. The first-order valence-electron chi connectivity index (χ1n) is 8.94. The number of amides is 1. The van der Waals surface area contributed by atoms with Gasteiger partial charge in [-0.2, -0.15) is 0 Å². The third-order valence-electron chi connectivity index (χ3n) is 4.43. The number of ether oxygens (including phenoxy) is 1. The van der Waals surface area contributed by atoms with E-state index in [2.05, 4.69) is 0 Å². The topological polar surface area (TPSA) is 70.1 Å². The van der Waals surface area contributed by atoms with Crippen molar-refractivity contribution in [3.8, 4) is 0 Å². The van der Waals surface area contributed by atoms with Crippen LogP contribution in [-0.2, 0) is 14.3 Å². The smallest absolute Gasteiger partial charge is 0.290 e. The number of carbonyl (C=O) groups is 2. The molecule has 0 bridgehead atoms. The van der Waals surface area contributed by atoms with Crippen molar-refractivity contribution in [2.24, 2.45) is 0 Å². The summed E-state index contributed by atoms with van der Waals surface area (Å²) in [6, 6.07) is 7.08. The Hall–Kier alpha value is -2.34. The minimum Gasteiger partial charge on any atom is -0.503 e. The molecule has 1 amide bonds. The Bertz CT molecular complexity index is 692. The van der Waals surface area contributed by atoms with Gasteiger partial charge in [-0.3, -0.25) is 9.59 Å². The molecule has 1 atom stereocenters. The lowest BCUT2D eigenvalue weighted by atomic mass is 9.95. The van der Waals surface area contributed by atoms with Crippen molar-refractivity contribution in [2.75, 3.05) is 32.1 Å². The predicted octanol–water partition coefficient (Wildman–Crippen LogP) is 2.85. The molecular formula is C20H28N2O4. The molecule has 1 heterocycles. The van der Waals surface area contributed by atoms with Crippen LogP contribution >= 0.6 is 0 Å². The van der Waals surface area contributed by atoms with Gasteiger partial charge in [0.2, 0.25) is 0 Å². The molecule has 0 aliphatic carbocycles. The molecule has 6 nitrogen and oxygen atoms in total. The molecule has 1 aliphatic rings. The van der Waals surface area contributed by atoms with Gasteiger partial charge in [-0.25, -0.2) is 0 Å². The maximum atomic E-state index is 12.6. The zero-order valence-electron chi connectivity index (χ0n) is 16.2. The van der Waals surface area contributed by atoms with Crippen LogP contribution in [0.2, 0.25) is 0 Å². The summed E-state index contributed by atoms with van der Waals surface area (Å²) in [6.07, 6.45) is 0.277. The molecule has 0 saturated carbocycles. The molecule has 0 saturated heterocycles. The van der Waals surface area contributed by atoms with E-state index in [1.54, 1.807) is 6.92 Å². The molecule has 1 aliphatic heterocycles. The van der Waals surface area contributed by atoms with Gasteiger partial charge in [-0.15, -0.1) is 0 Å². The van der Waals surface area contributed by atoms with Gasteiger partial charge in [0.15, 0.2) is 11.5 Å². The van der Waals surface area contributed by atoms with Crippen LogP contribution in [0.15, 0.2) is 35.6 Å². The Morgan fingerprint density at radius 1 is 1.27 bits per heavy atom. The van der Waals surface area contributed by atoms with E-state index >= 15 is 0 Å². The molecule has 1 unspecified atom stereocenters. The largest absolute Gasteiger partial charge is 0.503 e. The van der Waals surface area contributed by atoms with Crippen LogP contribution < -0.4 is 4.90 Å². The maximum absolute atomic E-state index is 12.6. The van der Waals surface area contributed by atoms with Crippen LogP contribution in [0.25, 0.3) is 0 Å². The number of anilines is 1. The quantitative estimate of drug-likeness (QED) is 0.772. The highest BCUT2D eigenvalue weighted by Crippen LogP contribution is 2.38. The molecule has 1 aromatic rings. The van der Waals surface area contributed by atoms with Crippen molar-refractivity contribution in [1.82, 2.24) is 4.90 Å². The van der Waals surface area contributed by atoms with Gasteiger partial charge in [-0.05, 0) is 31.5 Å². The lowest BCUT2D eigenvalue weighted by molar-refractivity contribution is -0.130. The summed E-state index contributed by atoms with van der Waals surface area (Å²) in [7, 11) is 3.89. The predicted molar refractivity (Wildman–Crippen MR) is 101 cm³/mol. The highest BCUT2D eigenvalue weighted by Gasteiger charge is 2.42. The minimum atomic E-state index is -0.582. The van der Waals surface area contributed by atoms with E-state index in [4.69, 9.17) is 4.74 Å². The van der Waals surface area contributed by atoms with E-state index in [1.807, 2.05) is 57.1 Å². The number of ketones is 1. The summed E-state index contributed by atoms with van der Waals surface area (Å²) >= 11 is 0. The Labute approximate surface area is 155 Å². The lowest BCUT2D eigenvalue weighted by Gasteiger charge is -2.27. The summed E-state index contributed by atoms with van der Waals surface area (Å²) in [5.41, 5.74) is 2.00. The molecule has 142 valence electrons. The molecule has 0 radical (unpaired) electrons. The highest BCUT2D eigenvalue weighted by atomic mass is 16.5. The number of aliphatic hydroxyl groups is 1. The van der Waals surface area contributed by atoms with Crippen LogP contribution in [0, 0.1) is 0 Å². The van der Waals surface area contributed by atoms with Crippen molar-refractivity contribution in [1.29, 1.82) is 0 Å². The van der Waals surface area contributed by atoms with Gasteiger partial charge in [0.05, 0.1) is 24.3 Å². The molecular weight excluding hydrogens is 332 g/mol. The second-order valence-electron chi connectivity index (χ2n) is 6.85. The molecule has 0 spiro atoms. The van der Waals surface area contributed by atoms with Crippen LogP contribution in [-0.4, -0.2) is 55.0 Å². The Kier molecular flexibility index (Phi) is 6.42. The molecule has 1 N–H and O–H groups in total. The fourth-order valence-electron chi connectivity index (χ4n) is 3.05. The van der Waals surface area contributed by atoms with E-state index in [0.717, 1.165) is 11.3 Å². The van der Waals surface area contributed by atoms with Gasteiger partial charge >= 0.3 is 0 Å². The van der Waals surface area contributed by atoms with Crippen molar-refractivity contribution < 1.29 is 19.4 Å². The van der Waals surface area contributed by atoms with Gasteiger partial charge in [-0.1, -0.05) is 19.1 Å². The first kappa shape index (κ1) is 20.0. The van der Waals surface area contributed by atoms with Gasteiger partial charge < -0.3 is 19.6 Å². The van der Waals surface area contributed by atoms with Crippen LogP contribution in [0.4, 0.5) is 5.69 Å². The zero-order chi connectivity index (χ0) is 19.4. The number of Topliss-reactive ketones (excluding diaryl/α,β-unsaturated/α-hetero) is 1. The first-order chi connectivity index (χ1) is 12.3. The monoisotopic (exact) mass is 360 g/mol. The van der Waals surface area contributed by atoms with Crippen LogP contribution in [0.3, 0.4) is 0 Å². The van der Waals surface area contributed by atoms with Crippen molar-refractivity contribution in [2.45, 2.75) is 39.3 Å². The molecule has 2 rings (SSSR count). The molecule has 1 aromatic carbocycles. The molecule has 0 aromatic heterocycles. The SMILES string of the molecule is CCC(=O)C1=C(O)C(=O)N(CCOC(C)C)C1c1ccc(N(C)C)cc1. The third kappa shape index (κ3) is 4.07. The van der Waals surface area contributed by atoms with E-state index in [-0.39, 0.29) is 23.9 Å². The van der Waals surface area contributed by atoms with E-state index in [9.17, 15) is 14.7 Å². The number of rotatable bonds is 8. The van der Waals surface area contributed by atoms with Gasteiger partial charge in [0.25, 0.3) is 5.91 Å². The van der Waals surface area contributed by atoms with Crippen molar-refractivity contribution >= 4 is 17.4 Å². The summed E-state index contributed by atoms with van der Waals surface area (Å²) in [5, 5.41) is 10.3. The second-order valence-corrected chi connectivity index (χ2v) is 6.85. The maximum Gasteiger partial charge on any atom is 0.290 e. The molecule has 0 fully saturated rings. The highest BCUT2D eigenvalue weighted by molar-refractivity contribution is 6.08.